The number of aliphatic hydroxyl groups is 1. The molecule has 1 aromatic carbocycles. The van der Waals surface area contributed by atoms with Gasteiger partial charge in [0.2, 0.25) is 0 Å². The fourth-order valence-electron chi connectivity index (χ4n) is 1.71. The molecule has 0 aliphatic heterocycles. The monoisotopic (exact) mass is 218 g/mol. The lowest BCUT2D eigenvalue weighted by Gasteiger charge is -2.06. The topological polar surface area (TPSA) is 20.2 Å². The molecular weight excluding hydrogens is 204 g/mol. The molecule has 1 N–H and O–H groups in total. The van der Waals surface area contributed by atoms with E-state index in [9.17, 15) is 0 Å². The molecule has 0 atom stereocenters. The van der Waals surface area contributed by atoms with Gasteiger partial charge < -0.3 is 5.11 Å². The number of aliphatic hydroxyl groups excluding tert-OH is 1. The fourth-order valence-corrected chi connectivity index (χ4v) is 2.36. The van der Waals surface area contributed by atoms with Crippen LogP contribution in [-0.2, 0) is 6.42 Å². The van der Waals surface area contributed by atoms with Crippen molar-refractivity contribution in [1.29, 1.82) is 0 Å². The molecule has 0 fully saturated rings. The maximum absolute atomic E-state index is 8.85. The van der Waals surface area contributed by atoms with Gasteiger partial charge in [0.1, 0.15) is 0 Å². The zero-order valence-electron chi connectivity index (χ0n) is 8.52. The highest BCUT2D eigenvalue weighted by atomic mass is 32.1. The number of benzene rings is 1. The molecule has 2 rings (SSSR count). The van der Waals surface area contributed by atoms with Crippen LogP contribution < -0.4 is 0 Å². The van der Waals surface area contributed by atoms with Gasteiger partial charge in [0.15, 0.2) is 0 Å². The van der Waals surface area contributed by atoms with E-state index in [4.69, 9.17) is 5.11 Å². The summed E-state index contributed by atoms with van der Waals surface area (Å²) in [7, 11) is 0. The van der Waals surface area contributed by atoms with E-state index in [1.165, 1.54) is 16.7 Å². The molecule has 0 saturated carbocycles. The summed E-state index contributed by atoms with van der Waals surface area (Å²) in [6, 6.07) is 10.6. The molecule has 0 bridgehead atoms. The van der Waals surface area contributed by atoms with Crippen LogP contribution in [0.1, 0.15) is 12.0 Å². The minimum atomic E-state index is 0.262. The smallest absolute Gasteiger partial charge is 0.0434 e. The lowest BCUT2D eigenvalue weighted by molar-refractivity contribution is 0.288. The van der Waals surface area contributed by atoms with E-state index in [0.29, 0.717) is 0 Å². The summed E-state index contributed by atoms with van der Waals surface area (Å²) in [6.45, 7) is 0.262. The molecule has 2 aromatic rings. The van der Waals surface area contributed by atoms with Crippen LogP contribution in [0, 0.1) is 0 Å². The van der Waals surface area contributed by atoms with Crippen molar-refractivity contribution in [3.8, 4) is 11.1 Å². The van der Waals surface area contributed by atoms with Crippen molar-refractivity contribution in [2.75, 3.05) is 6.61 Å². The molecule has 78 valence electrons. The second kappa shape index (κ2) is 5.10. The second-order valence-corrected chi connectivity index (χ2v) is 4.28. The Bertz CT molecular complexity index is 406. The van der Waals surface area contributed by atoms with Crippen molar-refractivity contribution >= 4 is 11.3 Å². The standard InChI is InChI=1S/C13H14OS/c14-8-3-5-11-4-1-2-6-13(11)12-7-9-15-10-12/h1-2,4,6-7,9-10,14H,3,5,8H2. The van der Waals surface area contributed by atoms with Gasteiger partial charge in [-0.2, -0.15) is 11.3 Å². The molecule has 15 heavy (non-hydrogen) atoms. The van der Waals surface area contributed by atoms with E-state index in [1.54, 1.807) is 11.3 Å². The first-order valence-electron chi connectivity index (χ1n) is 5.13. The van der Waals surface area contributed by atoms with E-state index in [1.807, 2.05) is 0 Å². The lowest BCUT2D eigenvalue weighted by atomic mass is 9.99. The Labute approximate surface area is 94.0 Å². The van der Waals surface area contributed by atoms with Crippen LogP contribution in [0.25, 0.3) is 11.1 Å². The summed E-state index contributed by atoms with van der Waals surface area (Å²) in [5.74, 6) is 0. The Kier molecular flexibility index (Phi) is 3.54. The predicted octanol–water partition coefficient (Wildman–Crippen LogP) is 3.34. The quantitative estimate of drug-likeness (QED) is 0.834. The highest BCUT2D eigenvalue weighted by molar-refractivity contribution is 7.08. The third kappa shape index (κ3) is 2.46. The molecule has 0 unspecified atom stereocenters. The first-order valence-corrected chi connectivity index (χ1v) is 6.07. The molecule has 1 heterocycles. The summed E-state index contributed by atoms with van der Waals surface area (Å²) < 4.78 is 0. The van der Waals surface area contributed by atoms with Gasteiger partial charge in [0.05, 0.1) is 0 Å². The Morgan fingerprint density at radius 2 is 2.00 bits per heavy atom. The molecule has 0 aliphatic carbocycles. The van der Waals surface area contributed by atoms with Gasteiger partial charge in [0, 0.05) is 6.61 Å². The highest BCUT2D eigenvalue weighted by Gasteiger charge is 2.03. The maximum Gasteiger partial charge on any atom is 0.0434 e. The van der Waals surface area contributed by atoms with Crippen molar-refractivity contribution in [1.82, 2.24) is 0 Å². The third-order valence-corrected chi connectivity index (χ3v) is 3.14. The van der Waals surface area contributed by atoms with Crippen LogP contribution in [-0.4, -0.2) is 11.7 Å². The average Bonchev–Trinajstić information content (AvgIpc) is 2.80. The van der Waals surface area contributed by atoms with Crippen molar-refractivity contribution in [2.45, 2.75) is 12.8 Å². The van der Waals surface area contributed by atoms with Crippen molar-refractivity contribution in [3.63, 3.8) is 0 Å². The van der Waals surface area contributed by atoms with Crippen molar-refractivity contribution < 1.29 is 5.11 Å². The minimum absolute atomic E-state index is 0.262. The summed E-state index contributed by atoms with van der Waals surface area (Å²) in [6.07, 6.45) is 1.78. The zero-order valence-corrected chi connectivity index (χ0v) is 9.33. The number of hydrogen-bond acceptors (Lipinski definition) is 2. The van der Waals surface area contributed by atoms with Gasteiger partial charge in [-0.3, -0.25) is 0 Å². The number of aryl methyl sites for hydroxylation is 1. The van der Waals surface area contributed by atoms with Crippen molar-refractivity contribution in [2.24, 2.45) is 0 Å². The molecule has 0 amide bonds. The van der Waals surface area contributed by atoms with E-state index >= 15 is 0 Å². The van der Waals surface area contributed by atoms with Gasteiger partial charge >= 0.3 is 0 Å². The number of hydrogen-bond donors (Lipinski definition) is 1. The van der Waals surface area contributed by atoms with Crippen LogP contribution in [0.3, 0.4) is 0 Å². The van der Waals surface area contributed by atoms with E-state index < -0.39 is 0 Å². The third-order valence-electron chi connectivity index (χ3n) is 2.45. The maximum atomic E-state index is 8.85. The Balaban J connectivity index is 2.30. The SMILES string of the molecule is OCCCc1ccccc1-c1ccsc1. The molecule has 0 radical (unpaired) electrons. The van der Waals surface area contributed by atoms with Gasteiger partial charge in [-0.05, 0) is 46.4 Å². The van der Waals surface area contributed by atoms with Gasteiger partial charge in [-0.15, -0.1) is 0 Å². The predicted molar refractivity (Wildman–Crippen MR) is 65.2 cm³/mol. The molecule has 1 aromatic heterocycles. The molecule has 0 spiro atoms. The first-order chi connectivity index (χ1) is 7.42. The van der Waals surface area contributed by atoms with Crippen LogP contribution >= 0.6 is 11.3 Å². The fraction of sp³-hybridized carbons (Fsp3) is 0.231. The van der Waals surface area contributed by atoms with Crippen LogP contribution in [0.2, 0.25) is 0 Å². The molecule has 0 saturated heterocycles. The number of rotatable bonds is 4. The van der Waals surface area contributed by atoms with Gasteiger partial charge in [0.25, 0.3) is 0 Å². The Hall–Kier alpha value is -1.12. The van der Waals surface area contributed by atoms with E-state index in [0.717, 1.165) is 12.8 Å². The van der Waals surface area contributed by atoms with Crippen LogP contribution in [0.5, 0.6) is 0 Å². The van der Waals surface area contributed by atoms with E-state index in [2.05, 4.69) is 41.1 Å². The summed E-state index contributed by atoms with van der Waals surface area (Å²) in [5.41, 5.74) is 3.91. The Morgan fingerprint density at radius 1 is 1.13 bits per heavy atom. The second-order valence-electron chi connectivity index (χ2n) is 3.50. The summed E-state index contributed by atoms with van der Waals surface area (Å²) >= 11 is 1.72. The largest absolute Gasteiger partial charge is 0.396 e. The minimum Gasteiger partial charge on any atom is -0.396 e. The first kappa shape index (κ1) is 10.4. The van der Waals surface area contributed by atoms with E-state index in [-0.39, 0.29) is 6.61 Å². The van der Waals surface area contributed by atoms with Gasteiger partial charge in [-0.25, -0.2) is 0 Å². The summed E-state index contributed by atoms with van der Waals surface area (Å²) in [4.78, 5) is 0. The zero-order chi connectivity index (χ0) is 10.5. The van der Waals surface area contributed by atoms with Crippen LogP contribution in [0.15, 0.2) is 41.1 Å². The summed E-state index contributed by atoms with van der Waals surface area (Å²) in [5, 5.41) is 13.1. The number of thiophene rings is 1. The van der Waals surface area contributed by atoms with Crippen molar-refractivity contribution in [3.05, 3.63) is 46.7 Å². The molecule has 2 heteroatoms. The molecular formula is C13H14OS. The normalized spacial score (nSPS) is 10.5. The lowest BCUT2D eigenvalue weighted by Crippen LogP contribution is -1.92. The van der Waals surface area contributed by atoms with Gasteiger partial charge in [-0.1, -0.05) is 24.3 Å². The Morgan fingerprint density at radius 3 is 2.73 bits per heavy atom. The van der Waals surface area contributed by atoms with Crippen LogP contribution in [0.4, 0.5) is 0 Å². The highest BCUT2D eigenvalue weighted by Crippen LogP contribution is 2.26. The average molecular weight is 218 g/mol. The molecule has 0 aliphatic rings. The molecule has 1 nitrogen and oxygen atoms in total.